The topological polar surface area (TPSA) is 58.6 Å². The second-order valence-corrected chi connectivity index (χ2v) is 9.13. The molecule has 1 aliphatic carbocycles. The Balaban J connectivity index is 1.41. The van der Waals surface area contributed by atoms with E-state index in [-0.39, 0.29) is 45.3 Å². The molecule has 2 aromatic carbocycles. The predicted octanol–water partition coefficient (Wildman–Crippen LogP) is 5.98. The van der Waals surface area contributed by atoms with Gasteiger partial charge in [0.1, 0.15) is 22.9 Å². The van der Waals surface area contributed by atoms with Gasteiger partial charge in [0.2, 0.25) is 5.91 Å². The van der Waals surface area contributed by atoms with Crippen LogP contribution in [0.5, 0.6) is 11.5 Å². The molecule has 1 heterocycles. The molecule has 170 valence electrons. The molecule has 2 aliphatic rings. The summed E-state index contributed by atoms with van der Waals surface area (Å²) in [5.74, 6) is -0.0478. The number of hydrogen-bond acceptors (Lipinski definition) is 3. The van der Waals surface area contributed by atoms with E-state index < -0.39 is 5.82 Å². The van der Waals surface area contributed by atoms with Gasteiger partial charge in [-0.2, -0.15) is 0 Å². The lowest BCUT2D eigenvalue weighted by Crippen LogP contribution is -2.47. The van der Waals surface area contributed by atoms with Crippen molar-refractivity contribution in [3.63, 3.8) is 0 Å². The number of benzene rings is 2. The summed E-state index contributed by atoms with van der Waals surface area (Å²) in [6.45, 7) is 0.842. The monoisotopic (exact) mass is 478 g/mol. The Morgan fingerprint density at radius 2 is 1.84 bits per heavy atom. The van der Waals surface area contributed by atoms with Crippen LogP contribution in [0.1, 0.15) is 55.3 Å². The smallest absolute Gasteiger partial charge is 0.256 e. The molecule has 0 radical (unpaired) electrons. The Bertz CT molecular complexity index is 1010. The Labute approximate surface area is 196 Å². The molecule has 0 spiro atoms. The fourth-order valence-electron chi connectivity index (χ4n) is 4.48. The summed E-state index contributed by atoms with van der Waals surface area (Å²) in [6, 6.07) is 9.20. The Morgan fingerprint density at radius 1 is 1.06 bits per heavy atom. The van der Waals surface area contributed by atoms with Crippen molar-refractivity contribution >= 4 is 35.0 Å². The molecule has 0 aromatic heterocycles. The van der Waals surface area contributed by atoms with Crippen LogP contribution in [-0.2, 0) is 4.79 Å². The predicted molar refractivity (Wildman–Crippen MR) is 122 cm³/mol. The molecular formula is C24H25Cl2FN2O3. The SMILES string of the molecule is O=C(NC1CCC(N2CCCCC2=O)CC1)c1c(Cl)cccc1Oc1ccc(F)c(Cl)c1. The van der Waals surface area contributed by atoms with Crippen molar-refractivity contribution in [1.82, 2.24) is 10.2 Å². The van der Waals surface area contributed by atoms with Crippen LogP contribution in [0, 0.1) is 5.82 Å². The fraction of sp³-hybridized carbons (Fsp3) is 0.417. The van der Waals surface area contributed by atoms with E-state index in [0.29, 0.717) is 12.2 Å². The molecule has 32 heavy (non-hydrogen) atoms. The number of ether oxygens (including phenoxy) is 1. The lowest BCUT2D eigenvalue weighted by Gasteiger charge is -2.39. The molecule has 2 aromatic rings. The first-order valence-electron chi connectivity index (χ1n) is 10.9. The molecule has 4 rings (SSSR count). The average molecular weight is 479 g/mol. The van der Waals surface area contributed by atoms with E-state index in [9.17, 15) is 14.0 Å². The van der Waals surface area contributed by atoms with Gasteiger partial charge in [-0.1, -0.05) is 29.3 Å². The second-order valence-electron chi connectivity index (χ2n) is 8.31. The van der Waals surface area contributed by atoms with Gasteiger partial charge < -0.3 is 15.0 Å². The Hall–Kier alpha value is -2.31. The van der Waals surface area contributed by atoms with Crippen LogP contribution in [0.15, 0.2) is 36.4 Å². The van der Waals surface area contributed by atoms with Crippen LogP contribution in [0.25, 0.3) is 0 Å². The molecule has 0 unspecified atom stereocenters. The molecule has 0 bridgehead atoms. The van der Waals surface area contributed by atoms with Crippen molar-refractivity contribution in [2.24, 2.45) is 0 Å². The molecule has 1 N–H and O–H groups in total. The molecule has 1 saturated heterocycles. The molecule has 2 amide bonds. The summed E-state index contributed by atoms with van der Waals surface area (Å²) in [4.78, 5) is 27.3. The number of carbonyl (C=O) groups excluding carboxylic acids is 2. The van der Waals surface area contributed by atoms with Gasteiger partial charge >= 0.3 is 0 Å². The first-order valence-corrected chi connectivity index (χ1v) is 11.7. The maximum Gasteiger partial charge on any atom is 0.256 e. The van der Waals surface area contributed by atoms with Crippen LogP contribution in [0.4, 0.5) is 4.39 Å². The number of halogens is 3. The summed E-state index contributed by atoms with van der Waals surface area (Å²) in [7, 11) is 0. The standard InChI is InChI=1S/C24H25Cl2FN2O3/c25-18-4-3-5-21(32-17-11-12-20(27)19(26)14-17)23(18)24(31)28-15-7-9-16(10-8-15)29-13-2-1-6-22(29)30/h3-5,11-12,14-16H,1-2,6-10,13H2,(H,28,31). The third kappa shape index (κ3) is 5.18. The first kappa shape index (κ1) is 22.9. The summed E-state index contributed by atoms with van der Waals surface area (Å²) >= 11 is 12.2. The van der Waals surface area contributed by atoms with Crippen LogP contribution < -0.4 is 10.1 Å². The van der Waals surface area contributed by atoms with Crippen LogP contribution in [0.3, 0.4) is 0 Å². The molecule has 2 fully saturated rings. The van der Waals surface area contributed by atoms with Gasteiger partial charge in [0.15, 0.2) is 0 Å². The highest BCUT2D eigenvalue weighted by atomic mass is 35.5. The number of amides is 2. The van der Waals surface area contributed by atoms with E-state index in [0.717, 1.165) is 45.1 Å². The van der Waals surface area contributed by atoms with Crippen molar-refractivity contribution in [2.45, 2.75) is 57.0 Å². The van der Waals surface area contributed by atoms with E-state index in [2.05, 4.69) is 5.32 Å². The summed E-state index contributed by atoms with van der Waals surface area (Å²) in [5, 5.41) is 3.26. The minimum absolute atomic E-state index is 0.00281. The van der Waals surface area contributed by atoms with Crippen molar-refractivity contribution in [3.8, 4) is 11.5 Å². The summed E-state index contributed by atoms with van der Waals surface area (Å²) < 4.78 is 19.2. The fourth-order valence-corrected chi connectivity index (χ4v) is 4.90. The van der Waals surface area contributed by atoms with Crippen molar-refractivity contribution in [1.29, 1.82) is 0 Å². The molecule has 1 aliphatic heterocycles. The van der Waals surface area contributed by atoms with Crippen molar-refractivity contribution in [2.75, 3.05) is 6.54 Å². The van der Waals surface area contributed by atoms with Gasteiger partial charge in [0.05, 0.1) is 10.0 Å². The maximum absolute atomic E-state index is 13.4. The van der Waals surface area contributed by atoms with Gasteiger partial charge in [-0.25, -0.2) is 4.39 Å². The molecule has 5 nitrogen and oxygen atoms in total. The van der Waals surface area contributed by atoms with E-state index in [4.69, 9.17) is 27.9 Å². The molecule has 0 atom stereocenters. The summed E-state index contributed by atoms with van der Waals surface area (Å²) in [6.07, 6.45) is 6.03. The third-order valence-corrected chi connectivity index (χ3v) is 6.76. The number of nitrogens with one attached hydrogen (secondary N) is 1. The van der Waals surface area contributed by atoms with Gasteiger partial charge in [0.25, 0.3) is 5.91 Å². The first-order chi connectivity index (χ1) is 15.4. The number of nitrogens with zero attached hydrogens (tertiary/aromatic N) is 1. The second kappa shape index (κ2) is 10.1. The van der Waals surface area contributed by atoms with E-state index in [1.165, 1.54) is 18.2 Å². The zero-order valence-electron chi connectivity index (χ0n) is 17.6. The summed E-state index contributed by atoms with van der Waals surface area (Å²) in [5.41, 5.74) is 0.225. The lowest BCUT2D eigenvalue weighted by molar-refractivity contribution is -0.136. The zero-order valence-corrected chi connectivity index (χ0v) is 19.1. The average Bonchev–Trinajstić information content (AvgIpc) is 2.77. The number of rotatable bonds is 5. The molecule has 1 saturated carbocycles. The van der Waals surface area contributed by atoms with Crippen molar-refractivity contribution < 1.29 is 18.7 Å². The van der Waals surface area contributed by atoms with Crippen LogP contribution in [0.2, 0.25) is 10.0 Å². The normalized spacial score (nSPS) is 21.3. The van der Waals surface area contributed by atoms with Gasteiger partial charge in [-0.15, -0.1) is 0 Å². The lowest BCUT2D eigenvalue weighted by atomic mass is 9.89. The molecule has 8 heteroatoms. The highest BCUT2D eigenvalue weighted by molar-refractivity contribution is 6.34. The number of likely N-dealkylation sites (tertiary alicyclic amines) is 1. The number of hydrogen-bond donors (Lipinski definition) is 1. The minimum atomic E-state index is -0.551. The number of piperidine rings is 1. The highest BCUT2D eigenvalue weighted by Gasteiger charge is 2.31. The molecular weight excluding hydrogens is 454 g/mol. The van der Waals surface area contributed by atoms with E-state index >= 15 is 0 Å². The van der Waals surface area contributed by atoms with Gasteiger partial charge in [-0.3, -0.25) is 9.59 Å². The largest absolute Gasteiger partial charge is 0.456 e. The van der Waals surface area contributed by atoms with E-state index in [1.807, 2.05) is 4.90 Å². The van der Waals surface area contributed by atoms with Crippen molar-refractivity contribution in [3.05, 3.63) is 57.8 Å². The minimum Gasteiger partial charge on any atom is -0.456 e. The van der Waals surface area contributed by atoms with Crippen LogP contribution >= 0.6 is 23.2 Å². The van der Waals surface area contributed by atoms with Gasteiger partial charge in [-0.05, 0) is 62.8 Å². The zero-order chi connectivity index (χ0) is 22.7. The quantitative estimate of drug-likeness (QED) is 0.574. The van der Waals surface area contributed by atoms with E-state index in [1.54, 1.807) is 18.2 Å². The maximum atomic E-state index is 13.4. The Kier molecular flexibility index (Phi) is 7.21. The highest BCUT2D eigenvalue weighted by Crippen LogP contribution is 2.33. The third-order valence-electron chi connectivity index (χ3n) is 6.15. The number of carbonyl (C=O) groups is 2. The van der Waals surface area contributed by atoms with Crippen LogP contribution in [-0.4, -0.2) is 35.3 Å². The Morgan fingerprint density at radius 3 is 2.56 bits per heavy atom. The van der Waals surface area contributed by atoms with Gasteiger partial charge in [0, 0.05) is 31.1 Å².